The Hall–Kier alpha value is -3.87. The zero-order valence-corrected chi connectivity index (χ0v) is 24.5. The van der Waals surface area contributed by atoms with Gasteiger partial charge in [0, 0.05) is 48.9 Å². The molecular formula is C32H36ClN7O2. The Bertz CT molecular complexity index is 1670. The molecule has 2 fully saturated rings. The van der Waals surface area contributed by atoms with Gasteiger partial charge in [-0.2, -0.15) is 9.97 Å². The largest absolute Gasteiger partial charge is 0.462 e. The van der Waals surface area contributed by atoms with E-state index in [0.717, 1.165) is 59.5 Å². The van der Waals surface area contributed by atoms with E-state index in [9.17, 15) is 4.79 Å². The molecule has 0 spiro atoms. The van der Waals surface area contributed by atoms with Gasteiger partial charge in [-0.25, -0.2) is 6.57 Å². The molecule has 4 heterocycles. The number of nitrogens with zero attached hydrogens (tertiary/aromatic N) is 7. The number of halogens is 1. The van der Waals surface area contributed by atoms with E-state index in [1.807, 2.05) is 18.2 Å². The summed E-state index contributed by atoms with van der Waals surface area (Å²) < 4.78 is 29.1. The van der Waals surface area contributed by atoms with Crippen molar-refractivity contribution in [2.24, 2.45) is 0 Å². The van der Waals surface area contributed by atoms with Crippen molar-refractivity contribution in [2.75, 3.05) is 62.7 Å². The highest BCUT2D eigenvalue weighted by molar-refractivity contribution is 6.36. The minimum Gasteiger partial charge on any atom is -0.462 e. The molecule has 10 heteroatoms. The van der Waals surface area contributed by atoms with Crippen molar-refractivity contribution < 1.29 is 13.6 Å². The number of likely N-dealkylation sites (tertiary alicyclic amines) is 1. The third-order valence-corrected chi connectivity index (χ3v) is 9.04. The second-order valence-electron chi connectivity index (χ2n) is 11.2. The Morgan fingerprint density at radius 2 is 2.07 bits per heavy atom. The summed E-state index contributed by atoms with van der Waals surface area (Å²) in [6.07, 6.45) is 2.87. The van der Waals surface area contributed by atoms with Crippen LogP contribution in [0.5, 0.6) is 6.01 Å². The Kier molecular flexibility index (Phi) is 7.15. The molecular weight excluding hydrogens is 550 g/mol. The van der Waals surface area contributed by atoms with Crippen molar-refractivity contribution in [1.29, 1.82) is 0 Å². The van der Waals surface area contributed by atoms with Gasteiger partial charge in [0.25, 0.3) is 0 Å². The molecule has 42 heavy (non-hydrogen) atoms. The molecule has 3 aliphatic rings. The zero-order valence-electron chi connectivity index (χ0n) is 26.7. The number of hydrogen-bond donors (Lipinski definition) is 0. The van der Waals surface area contributed by atoms with Crippen LogP contribution in [0.4, 0.5) is 11.5 Å². The number of piperazine rings is 1. The number of fused-ring (bicyclic) bond motifs is 2. The lowest BCUT2D eigenvalue weighted by Gasteiger charge is -2.41. The fraction of sp³-hybridized carbons (Fsp3) is 0.438. The predicted molar refractivity (Wildman–Crippen MR) is 166 cm³/mol. The van der Waals surface area contributed by atoms with E-state index in [4.69, 9.17) is 37.0 Å². The van der Waals surface area contributed by atoms with Gasteiger partial charge in [0.1, 0.15) is 18.5 Å². The molecule has 0 N–H and O–H groups in total. The van der Waals surface area contributed by atoms with E-state index < -0.39 is 24.5 Å². The number of anilines is 2. The predicted octanol–water partition coefficient (Wildman–Crippen LogP) is 4.44. The average molecular weight is 589 g/mol. The number of aromatic nitrogens is 2. The van der Waals surface area contributed by atoms with E-state index in [-0.39, 0.29) is 13.1 Å². The molecule has 3 aliphatic heterocycles. The molecule has 9 nitrogen and oxygen atoms in total. The molecule has 2 atom stereocenters. The zero-order chi connectivity index (χ0) is 31.7. The molecule has 3 aromatic rings. The number of likely N-dealkylation sites (N-methyl/N-ethyl adjacent to an activating group) is 1. The second-order valence-corrected chi connectivity index (χ2v) is 11.6. The third kappa shape index (κ3) is 5.49. The monoisotopic (exact) mass is 588 g/mol. The fourth-order valence-electron chi connectivity index (χ4n) is 6.47. The summed E-state index contributed by atoms with van der Waals surface area (Å²) in [5, 5.41) is 2.79. The Morgan fingerprint density at radius 1 is 1.21 bits per heavy atom. The molecule has 0 unspecified atom stereocenters. The number of hydrogen-bond acceptors (Lipinski definition) is 7. The van der Waals surface area contributed by atoms with Crippen LogP contribution in [0.1, 0.15) is 28.2 Å². The minimum atomic E-state index is -0.833. The van der Waals surface area contributed by atoms with E-state index in [2.05, 4.69) is 44.8 Å². The summed E-state index contributed by atoms with van der Waals surface area (Å²) in [6, 6.07) is 11.6. The van der Waals surface area contributed by atoms with Crippen molar-refractivity contribution in [3.8, 4) is 6.01 Å². The summed E-state index contributed by atoms with van der Waals surface area (Å²) in [4.78, 5) is 34.5. The fourth-order valence-corrected chi connectivity index (χ4v) is 6.75. The number of rotatable bonds is 7. The van der Waals surface area contributed by atoms with Gasteiger partial charge in [-0.1, -0.05) is 42.4 Å². The van der Waals surface area contributed by atoms with Crippen molar-refractivity contribution in [3.63, 3.8) is 0 Å². The highest BCUT2D eigenvalue weighted by atomic mass is 35.5. The van der Waals surface area contributed by atoms with Crippen LogP contribution >= 0.6 is 11.6 Å². The standard InChI is InChI=1S/C32H36ClN7O2/c1-4-29(41)40-17-16-39(19-24(40)18-34-2)31-25-13-15-38(28-12-6-9-22-8-5-11-26(33)30(22)28)20-27(25)35-32(36-31)42-21-23-10-7-14-37(23)3/h4-6,8-9,11-12,23-24H,1,7,10,13-21H2,3H3/t23-,24-/m0/s1/i1D2,4D. The van der Waals surface area contributed by atoms with Crippen LogP contribution in [0.2, 0.25) is 5.02 Å². The van der Waals surface area contributed by atoms with Crippen molar-refractivity contribution in [3.05, 3.63) is 76.7 Å². The molecule has 0 bridgehead atoms. The van der Waals surface area contributed by atoms with Gasteiger partial charge in [-0.3, -0.25) is 4.79 Å². The topological polar surface area (TPSA) is 69.4 Å². The molecule has 0 aliphatic carbocycles. The number of benzene rings is 2. The summed E-state index contributed by atoms with van der Waals surface area (Å²) >= 11 is 6.69. The first-order valence-corrected chi connectivity index (χ1v) is 14.8. The summed E-state index contributed by atoms with van der Waals surface area (Å²) in [6.45, 7) is 10.5. The van der Waals surface area contributed by atoms with Gasteiger partial charge in [0.2, 0.25) is 12.5 Å². The highest BCUT2D eigenvalue weighted by Gasteiger charge is 2.35. The van der Waals surface area contributed by atoms with Crippen LogP contribution in [0.25, 0.3) is 15.6 Å². The average Bonchev–Trinajstić information content (AvgIpc) is 3.46. The summed E-state index contributed by atoms with van der Waals surface area (Å²) in [5.41, 5.74) is 2.94. The van der Waals surface area contributed by atoms with Gasteiger partial charge >= 0.3 is 6.01 Å². The third-order valence-electron chi connectivity index (χ3n) is 8.72. The SMILES string of the molecule is [2H]C([2H])=C([2H])C(=O)N1CCN(c2nc(OC[C@@H]3CCCN3C)nc3c2CCN(c2cccc4cccc(Cl)c24)C3)C[C@@H]1C[N+]#[C-]. The van der Waals surface area contributed by atoms with E-state index in [0.29, 0.717) is 49.7 Å². The first-order chi connectivity index (χ1) is 21.7. The van der Waals surface area contributed by atoms with E-state index in [1.165, 1.54) is 4.90 Å². The molecule has 2 aromatic carbocycles. The maximum atomic E-state index is 12.9. The van der Waals surface area contributed by atoms with Gasteiger partial charge in [-0.05, 0) is 56.4 Å². The molecule has 1 amide bonds. The van der Waals surface area contributed by atoms with Gasteiger partial charge < -0.3 is 29.2 Å². The molecule has 2 saturated heterocycles. The van der Waals surface area contributed by atoms with Crippen LogP contribution in [-0.4, -0.2) is 90.7 Å². The van der Waals surface area contributed by atoms with Crippen molar-refractivity contribution >= 4 is 39.8 Å². The first-order valence-electron chi connectivity index (χ1n) is 15.9. The first kappa shape index (κ1) is 24.7. The molecule has 0 saturated carbocycles. The molecule has 1 aromatic heterocycles. The van der Waals surface area contributed by atoms with E-state index in [1.54, 1.807) is 0 Å². The van der Waals surface area contributed by atoms with Crippen LogP contribution in [0.3, 0.4) is 0 Å². The van der Waals surface area contributed by atoms with Gasteiger partial charge in [0.15, 0.2) is 0 Å². The van der Waals surface area contributed by atoms with Crippen LogP contribution in [-0.2, 0) is 17.8 Å². The molecule has 6 rings (SSSR count). The Balaban J connectivity index is 1.33. The Morgan fingerprint density at radius 3 is 2.86 bits per heavy atom. The Labute approximate surface area is 256 Å². The normalized spacial score (nSPS) is 21.7. The number of ether oxygens (including phenoxy) is 1. The van der Waals surface area contributed by atoms with Crippen LogP contribution in [0.15, 0.2) is 49.0 Å². The second kappa shape index (κ2) is 12.2. The van der Waals surface area contributed by atoms with Crippen LogP contribution < -0.4 is 14.5 Å². The number of amides is 1. The maximum Gasteiger partial charge on any atom is 0.318 e. The lowest BCUT2D eigenvalue weighted by Crippen LogP contribution is -2.56. The maximum absolute atomic E-state index is 12.9. The smallest absolute Gasteiger partial charge is 0.318 e. The molecule has 0 radical (unpaired) electrons. The minimum absolute atomic E-state index is 0.0428. The number of carbonyl (C=O) groups excluding carboxylic acids is 1. The van der Waals surface area contributed by atoms with Crippen LogP contribution in [0, 0.1) is 6.57 Å². The van der Waals surface area contributed by atoms with Gasteiger partial charge in [0.05, 0.1) is 21.4 Å². The lowest BCUT2D eigenvalue weighted by molar-refractivity contribution is -0.128. The highest BCUT2D eigenvalue weighted by Crippen LogP contribution is 2.37. The van der Waals surface area contributed by atoms with Gasteiger partial charge in [-0.15, -0.1) is 0 Å². The van der Waals surface area contributed by atoms with E-state index >= 15 is 0 Å². The van der Waals surface area contributed by atoms with Crippen molar-refractivity contribution in [2.45, 2.75) is 37.9 Å². The van der Waals surface area contributed by atoms with Crippen molar-refractivity contribution in [1.82, 2.24) is 19.8 Å². The molecule has 218 valence electrons. The number of carbonyl (C=O) groups is 1. The lowest BCUT2D eigenvalue weighted by atomic mass is 10.0. The summed E-state index contributed by atoms with van der Waals surface area (Å²) in [5.74, 6) is 0.0536. The quantitative estimate of drug-likeness (QED) is 0.298. The summed E-state index contributed by atoms with van der Waals surface area (Å²) in [7, 11) is 2.10.